The maximum atomic E-state index is 5.85. The van der Waals surface area contributed by atoms with Gasteiger partial charge in [0.2, 0.25) is 5.28 Å². The number of hydrogen-bond acceptors (Lipinski definition) is 4. The number of nitrogens with one attached hydrogen (secondary N) is 1. The van der Waals surface area contributed by atoms with Crippen molar-refractivity contribution in [3.8, 4) is 0 Å². The third kappa shape index (κ3) is 3.33. The van der Waals surface area contributed by atoms with Crippen LogP contribution in [0.5, 0.6) is 0 Å². The Hall–Kier alpha value is -0.810. The first-order valence-electron chi connectivity index (χ1n) is 5.80. The van der Waals surface area contributed by atoms with Crippen LogP contribution in [0.4, 0.5) is 0 Å². The molecule has 2 aromatic heterocycles. The summed E-state index contributed by atoms with van der Waals surface area (Å²) in [6, 6.07) is 0. The minimum atomic E-state index is 0.264. The zero-order chi connectivity index (χ0) is 12.1. The predicted molar refractivity (Wildman–Crippen MR) is 71.6 cm³/mol. The minimum Gasteiger partial charge on any atom is -0.341 e. The summed E-state index contributed by atoms with van der Waals surface area (Å²) < 4.78 is 0. The number of unbranched alkanes of at least 4 members (excludes halogenated alkanes) is 3. The summed E-state index contributed by atoms with van der Waals surface area (Å²) in [6.45, 7) is 2.21. The van der Waals surface area contributed by atoms with Gasteiger partial charge in [0.25, 0.3) is 0 Å². The molecule has 2 heterocycles. The molecule has 2 aromatic rings. The average molecular weight is 271 g/mol. The van der Waals surface area contributed by atoms with Crippen molar-refractivity contribution in [3.63, 3.8) is 0 Å². The molecular weight excluding hydrogens is 256 g/mol. The van der Waals surface area contributed by atoms with Crippen LogP contribution in [0, 0.1) is 0 Å². The largest absolute Gasteiger partial charge is 0.341 e. The number of thioether (sulfide) groups is 1. The van der Waals surface area contributed by atoms with Crippen LogP contribution in [-0.4, -0.2) is 25.7 Å². The number of nitrogens with zero attached hydrogens (tertiary/aromatic N) is 3. The quantitative estimate of drug-likeness (QED) is 0.377. The average Bonchev–Trinajstić information content (AvgIpc) is 2.76. The number of aromatic nitrogens is 4. The van der Waals surface area contributed by atoms with Gasteiger partial charge in [0, 0.05) is 0 Å². The molecule has 0 saturated heterocycles. The Kier molecular flexibility index (Phi) is 4.62. The fourth-order valence-electron chi connectivity index (χ4n) is 1.58. The molecule has 0 unspecified atom stereocenters. The molecule has 0 aliphatic heterocycles. The van der Waals surface area contributed by atoms with Gasteiger partial charge in [-0.2, -0.15) is 4.98 Å². The van der Waals surface area contributed by atoms with Crippen molar-refractivity contribution in [1.82, 2.24) is 19.9 Å². The van der Waals surface area contributed by atoms with Crippen LogP contribution in [0.25, 0.3) is 11.2 Å². The molecule has 92 valence electrons. The first kappa shape index (κ1) is 12.6. The molecule has 0 spiro atoms. The van der Waals surface area contributed by atoms with Gasteiger partial charge in [-0.1, -0.05) is 26.2 Å². The minimum absolute atomic E-state index is 0.264. The maximum absolute atomic E-state index is 5.85. The number of imidazole rings is 1. The van der Waals surface area contributed by atoms with Crippen molar-refractivity contribution in [3.05, 3.63) is 11.6 Å². The van der Waals surface area contributed by atoms with Gasteiger partial charge < -0.3 is 4.98 Å². The molecule has 0 amide bonds. The zero-order valence-electron chi connectivity index (χ0n) is 9.74. The molecule has 0 aromatic carbocycles. The first-order chi connectivity index (χ1) is 8.31. The Morgan fingerprint density at radius 2 is 2.18 bits per heavy atom. The number of hydrogen-bond donors (Lipinski definition) is 1. The van der Waals surface area contributed by atoms with Gasteiger partial charge >= 0.3 is 0 Å². The molecule has 0 aliphatic carbocycles. The predicted octanol–water partition coefficient (Wildman–Crippen LogP) is 3.68. The highest BCUT2D eigenvalue weighted by molar-refractivity contribution is 7.99. The Morgan fingerprint density at radius 3 is 3.00 bits per heavy atom. The molecule has 0 atom stereocenters. The molecule has 6 heteroatoms. The lowest BCUT2D eigenvalue weighted by atomic mass is 10.2. The SMILES string of the molecule is CCCCCCSc1nc(Cl)nc2nc[nH]c12. The van der Waals surface area contributed by atoms with E-state index in [4.69, 9.17) is 11.6 Å². The monoisotopic (exact) mass is 270 g/mol. The number of halogens is 1. The second-order valence-electron chi connectivity index (χ2n) is 3.81. The van der Waals surface area contributed by atoms with E-state index in [9.17, 15) is 0 Å². The fraction of sp³-hybridized carbons (Fsp3) is 0.545. The molecule has 0 aliphatic rings. The van der Waals surface area contributed by atoms with Gasteiger partial charge in [-0.3, -0.25) is 0 Å². The molecular formula is C11H15ClN4S. The molecule has 0 radical (unpaired) electrons. The molecule has 17 heavy (non-hydrogen) atoms. The summed E-state index contributed by atoms with van der Waals surface area (Å²) >= 11 is 7.57. The third-order valence-corrected chi connectivity index (χ3v) is 3.69. The Balaban J connectivity index is 2.00. The third-order valence-electron chi connectivity index (χ3n) is 2.46. The Labute approximate surface area is 110 Å². The number of fused-ring (bicyclic) bond motifs is 1. The Bertz CT molecular complexity index is 485. The van der Waals surface area contributed by atoms with Gasteiger partial charge in [-0.15, -0.1) is 11.8 Å². The van der Waals surface area contributed by atoms with Crippen LogP contribution >= 0.6 is 23.4 Å². The van der Waals surface area contributed by atoms with E-state index in [1.54, 1.807) is 18.1 Å². The summed E-state index contributed by atoms with van der Waals surface area (Å²) in [5.74, 6) is 1.06. The van der Waals surface area contributed by atoms with Crippen LogP contribution in [0.15, 0.2) is 11.4 Å². The van der Waals surface area contributed by atoms with Crippen molar-refractivity contribution in [2.75, 3.05) is 5.75 Å². The first-order valence-corrected chi connectivity index (χ1v) is 7.17. The molecule has 2 rings (SSSR count). The summed E-state index contributed by atoms with van der Waals surface area (Å²) in [5.41, 5.74) is 1.52. The van der Waals surface area contributed by atoms with Gasteiger partial charge in [-0.25, -0.2) is 9.97 Å². The summed E-state index contributed by atoms with van der Waals surface area (Å²) in [7, 11) is 0. The zero-order valence-corrected chi connectivity index (χ0v) is 11.3. The highest BCUT2D eigenvalue weighted by Crippen LogP contribution is 2.25. The topological polar surface area (TPSA) is 54.5 Å². The van der Waals surface area contributed by atoms with E-state index in [0.717, 1.165) is 16.3 Å². The Morgan fingerprint density at radius 1 is 1.29 bits per heavy atom. The second kappa shape index (κ2) is 6.21. The van der Waals surface area contributed by atoms with Crippen molar-refractivity contribution < 1.29 is 0 Å². The number of aromatic amines is 1. The second-order valence-corrected chi connectivity index (χ2v) is 5.23. The lowest BCUT2D eigenvalue weighted by molar-refractivity contribution is 0.706. The molecule has 0 bridgehead atoms. The van der Waals surface area contributed by atoms with Gasteiger partial charge in [-0.05, 0) is 23.8 Å². The van der Waals surface area contributed by atoms with Crippen LogP contribution in [0.2, 0.25) is 5.28 Å². The van der Waals surface area contributed by atoms with Gasteiger partial charge in [0.05, 0.1) is 6.33 Å². The fourth-order valence-corrected chi connectivity index (χ4v) is 2.79. The summed E-state index contributed by atoms with van der Waals surface area (Å²) in [4.78, 5) is 15.4. The number of H-pyrrole nitrogens is 1. The van der Waals surface area contributed by atoms with Crippen molar-refractivity contribution >= 4 is 34.5 Å². The molecule has 1 N–H and O–H groups in total. The summed E-state index contributed by atoms with van der Waals surface area (Å²) in [6.07, 6.45) is 6.65. The van der Waals surface area contributed by atoms with Gasteiger partial charge in [0.15, 0.2) is 5.65 Å². The van der Waals surface area contributed by atoms with E-state index in [1.807, 2.05) is 0 Å². The van der Waals surface area contributed by atoms with E-state index in [0.29, 0.717) is 5.65 Å². The van der Waals surface area contributed by atoms with E-state index < -0.39 is 0 Å². The van der Waals surface area contributed by atoms with Crippen molar-refractivity contribution in [2.24, 2.45) is 0 Å². The van der Waals surface area contributed by atoms with Gasteiger partial charge in [0.1, 0.15) is 10.5 Å². The molecule has 4 nitrogen and oxygen atoms in total. The highest BCUT2D eigenvalue weighted by atomic mass is 35.5. The van der Waals surface area contributed by atoms with E-state index in [-0.39, 0.29) is 5.28 Å². The maximum Gasteiger partial charge on any atom is 0.225 e. The molecule has 0 fully saturated rings. The standard InChI is InChI=1S/C11H15ClN4S/c1-2-3-4-5-6-17-10-8-9(14-7-13-8)15-11(12)16-10/h7H,2-6H2,1H3,(H,13,14,15,16). The molecule has 0 saturated carbocycles. The van der Waals surface area contributed by atoms with Crippen LogP contribution in [0.1, 0.15) is 32.6 Å². The van der Waals surface area contributed by atoms with Crippen molar-refractivity contribution in [2.45, 2.75) is 37.6 Å². The highest BCUT2D eigenvalue weighted by Gasteiger charge is 2.08. The summed E-state index contributed by atoms with van der Waals surface area (Å²) in [5, 5.41) is 1.16. The van der Waals surface area contributed by atoms with Crippen LogP contribution in [0.3, 0.4) is 0 Å². The van der Waals surface area contributed by atoms with Crippen molar-refractivity contribution in [1.29, 1.82) is 0 Å². The van der Waals surface area contributed by atoms with E-state index in [1.165, 1.54) is 25.7 Å². The van der Waals surface area contributed by atoms with E-state index >= 15 is 0 Å². The van der Waals surface area contributed by atoms with E-state index in [2.05, 4.69) is 26.9 Å². The lowest BCUT2D eigenvalue weighted by Gasteiger charge is -2.02. The van der Waals surface area contributed by atoms with Crippen LogP contribution in [-0.2, 0) is 0 Å². The number of rotatable bonds is 6. The van der Waals surface area contributed by atoms with Crippen LogP contribution < -0.4 is 0 Å². The normalized spacial score (nSPS) is 11.2. The smallest absolute Gasteiger partial charge is 0.225 e. The lowest BCUT2D eigenvalue weighted by Crippen LogP contribution is -1.90.